The lowest BCUT2D eigenvalue weighted by molar-refractivity contribution is 0.0534. The average Bonchev–Trinajstić information content (AvgIpc) is 2.67. The number of piperazine rings is 1. The molecule has 2 aromatic rings. The maximum Gasteiger partial charge on any atom is 0.255 e. The zero-order valence-electron chi connectivity index (χ0n) is 14.2. The third-order valence-electron chi connectivity index (χ3n) is 4.51. The van der Waals surface area contributed by atoms with Crippen LogP contribution in [0.3, 0.4) is 0 Å². The van der Waals surface area contributed by atoms with Gasteiger partial charge in [-0.2, -0.15) is 0 Å². The molecule has 25 heavy (non-hydrogen) atoms. The Hall–Kier alpha value is -2.89. The van der Waals surface area contributed by atoms with Crippen molar-refractivity contribution in [3.63, 3.8) is 0 Å². The lowest BCUT2D eigenvalue weighted by Crippen LogP contribution is -2.50. The molecule has 1 N–H and O–H groups in total. The summed E-state index contributed by atoms with van der Waals surface area (Å²) in [5.74, 6) is -0.106. The Morgan fingerprint density at radius 1 is 0.960 bits per heavy atom. The van der Waals surface area contributed by atoms with Crippen molar-refractivity contribution < 1.29 is 9.59 Å². The minimum atomic E-state index is -0.235. The van der Waals surface area contributed by atoms with Crippen LogP contribution in [0.5, 0.6) is 0 Å². The lowest BCUT2D eigenvalue weighted by Gasteiger charge is -2.35. The Balaban J connectivity index is 1.65. The summed E-state index contributed by atoms with van der Waals surface area (Å²) in [6.45, 7) is 4.01. The first kappa shape index (κ1) is 17.0. The first-order valence-electron chi connectivity index (χ1n) is 8.45. The summed E-state index contributed by atoms with van der Waals surface area (Å²) in [6.07, 6.45) is 2.24. The molecule has 3 rings (SSSR count). The molecular formula is C19H21N3O3. The van der Waals surface area contributed by atoms with Crippen molar-refractivity contribution in [1.29, 1.82) is 0 Å². The number of pyridine rings is 1. The minimum Gasteiger partial charge on any atom is -0.335 e. The van der Waals surface area contributed by atoms with Crippen molar-refractivity contribution in [2.75, 3.05) is 26.2 Å². The van der Waals surface area contributed by atoms with Gasteiger partial charge in [-0.3, -0.25) is 14.4 Å². The van der Waals surface area contributed by atoms with Crippen molar-refractivity contribution in [3.8, 4) is 0 Å². The highest BCUT2D eigenvalue weighted by Gasteiger charge is 2.26. The molecular weight excluding hydrogens is 318 g/mol. The van der Waals surface area contributed by atoms with Gasteiger partial charge in [0.1, 0.15) is 0 Å². The number of carbonyl (C=O) groups is 2. The summed E-state index contributed by atoms with van der Waals surface area (Å²) in [4.78, 5) is 42.3. The van der Waals surface area contributed by atoms with Crippen molar-refractivity contribution in [2.45, 2.75) is 13.3 Å². The molecule has 1 aromatic carbocycles. The van der Waals surface area contributed by atoms with E-state index in [9.17, 15) is 14.4 Å². The maximum atomic E-state index is 12.7. The van der Waals surface area contributed by atoms with Gasteiger partial charge in [0.15, 0.2) is 0 Å². The molecule has 0 atom stereocenters. The zero-order valence-corrected chi connectivity index (χ0v) is 14.2. The highest BCUT2D eigenvalue weighted by Crippen LogP contribution is 2.15. The predicted octanol–water partition coefficient (Wildman–Crippen LogP) is 1.54. The number of rotatable bonds is 3. The number of aryl methyl sites for hydroxylation is 1. The number of amides is 2. The Labute approximate surface area is 146 Å². The summed E-state index contributed by atoms with van der Waals surface area (Å²) in [5, 5.41) is 0. The van der Waals surface area contributed by atoms with E-state index in [4.69, 9.17) is 0 Å². The number of hydrogen-bond donors (Lipinski definition) is 1. The van der Waals surface area contributed by atoms with Crippen molar-refractivity contribution in [3.05, 3.63) is 69.6 Å². The minimum absolute atomic E-state index is 0.0218. The molecule has 1 fully saturated rings. The number of aromatic nitrogens is 1. The van der Waals surface area contributed by atoms with E-state index in [-0.39, 0.29) is 17.4 Å². The van der Waals surface area contributed by atoms with E-state index >= 15 is 0 Å². The second kappa shape index (κ2) is 7.34. The largest absolute Gasteiger partial charge is 0.335 e. The maximum absolute atomic E-state index is 12.7. The second-order valence-corrected chi connectivity index (χ2v) is 6.04. The smallest absolute Gasteiger partial charge is 0.255 e. The highest BCUT2D eigenvalue weighted by molar-refractivity contribution is 5.96. The average molecular weight is 339 g/mol. The van der Waals surface area contributed by atoms with Gasteiger partial charge in [-0.1, -0.05) is 25.1 Å². The third-order valence-corrected chi connectivity index (χ3v) is 4.51. The summed E-state index contributed by atoms with van der Waals surface area (Å²) in [5.41, 5.74) is 2.00. The number of nitrogens with one attached hydrogen (secondary N) is 1. The predicted molar refractivity (Wildman–Crippen MR) is 94.7 cm³/mol. The fourth-order valence-electron chi connectivity index (χ4n) is 3.05. The topological polar surface area (TPSA) is 73.5 Å². The highest BCUT2D eigenvalue weighted by atomic mass is 16.2. The second-order valence-electron chi connectivity index (χ2n) is 6.04. The molecule has 0 saturated carbocycles. The molecule has 1 saturated heterocycles. The van der Waals surface area contributed by atoms with Crippen molar-refractivity contribution in [1.82, 2.24) is 14.8 Å². The van der Waals surface area contributed by atoms with Gasteiger partial charge >= 0.3 is 0 Å². The van der Waals surface area contributed by atoms with E-state index in [2.05, 4.69) is 4.98 Å². The van der Waals surface area contributed by atoms with Crippen molar-refractivity contribution >= 4 is 11.8 Å². The van der Waals surface area contributed by atoms with Crippen LogP contribution in [0.25, 0.3) is 0 Å². The molecule has 1 aliphatic heterocycles. The van der Waals surface area contributed by atoms with Gasteiger partial charge in [-0.15, -0.1) is 0 Å². The van der Waals surface area contributed by atoms with Crippen molar-refractivity contribution in [2.24, 2.45) is 0 Å². The van der Waals surface area contributed by atoms with Crippen LogP contribution in [-0.4, -0.2) is 52.8 Å². The van der Waals surface area contributed by atoms with Gasteiger partial charge in [-0.25, -0.2) is 0 Å². The molecule has 1 aromatic heterocycles. The van der Waals surface area contributed by atoms with Crippen LogP contribution in [0.4, 0.5) is 0 Å². The molecule has 2 amide bonds. The fourth-order valence-corrected chi connectivity index (χ4v) is 3.05. The normalized spacial score (nSPS) is 14.4. The molecule has 0 radical (unpaired) electrons. The fraction of sp³-hybridized carbons (Fsp3) is 0.316. The van der Waals surface area contributed by atoms with Gasteiger partial charge in [0.05, 0.1) is 5.56 Å². The zero-order chi connectivity index (χ0) is 17.8. The lowest BCUT2D eigenvalue weighted by atomic mass is 10.0. The number of nitrogens with zero attached hydrogens (tertiary/aromatic N) is 2. The Morgan fingerprint density at radius 2 is 1.60 bits per heavy atom. The Bertz CT molecular complexity index is 815. The SMILES string of the molecule is CCc1ccccc1C(=O)N1CCN(C(=O)c2ccc(=O)[nH]c2)CC1. The molecule has 0 bridgehead atoms. The van der Waals surface area contributed by atoms with Gasteiger partial charge in [0.2, 0.25) is 5.56 Å². The van der Waals surface area contributed by atoms with Crippen LogP contribution in [-0.2, 0) is 6.42 Å². The number of benzene rings is 1. The number of hydrogen-bond acceptors (Lipinski definition) is 3. The molecule has 130 valence electrons. The van der Waals surface area contributed by atoms with Crippen LogP contribution in [0.15, 0.2) is 47.4 Å². The number of H-pyrrole nitrogens is 1. The Kier molecular flexibility index (Phi) is 4.97. The van der Waals surface area contributed by atoms with Crippen LogP contribution in [0.1, 0.15) is 33.2 Å². The van der Waals surface area contributed by atoms with Gasteiger partial charge < -0.3 is 14.8 Å². The molecule has 2 heterocycles. The summed E-state index contributed by atoms with van der Waals surface area (Å²) < 4.78 is 0. The van der Waals surface area contributed by atoms with Crippen LogP contribution >= 0.6 is 0 Å². The van der Waals surface area contributed by atoms with Crippen LogP contribution in [0.2, 0.25) is 0 Å². The first-order valence-corrected chi connectivity index (χ1v) is 8.45. The summed E-state index contributed by atoms with van der Waals surface area (Å²) >= 11 is 0. The standard InChI is InChI=1S/C19H21N3O3/c1-2-14-5-3-4-6-16(14)19(25)22-11-9-21(10-12-22)18(24)15-7-8-17(23)20-13-15/h3-8,13H,2,9-12H2,1H3,(H,20,23). The van der Waals surface area contributed by atoms with Crippen LogP contribution < -0.4 is 5.56 Å². The summed E-state index contributed by atoms with van der Waals surface area (Å²) in [7, 11) is 0. The van der Waals surface area contributed by atoms with E-state index in [0.717, 1.165) is 17.5 Å². The van der Waals surface area contributed by atoms with Crippen LogP contribution in [0, 0.1) is 0 Å². The molecule has 0 unspecified atom stereocenters. The van der Waals surface area contributed by atoms with Gasteiger partial charge in [-0.05, 0) is 24.1 Å². The van der Waals surface area contributed by atoms with E-state index in [1.807, 2.05) is 31.2 Å². The van der Waals surface area contributed by atoms with Gasteiger partial charge in [0.25, 0.3) is 11.8 Å². The Morgan fingerprint density at radius 3 is 2.20 bits per heavy atom. The van der Waals surface area contributed by atoms with E-state index in [0.29, 0.717) is 31.7 Å². The molecule has 6 heteroatoms. The quantitative estimate of drug-likeness (QED) is 0.922. The van der Waals surface area contributed by atoms with E-state index in [1.54, 1.807) is 9.80 Å². The molecule has 0 spiro atoms. The first-order chi connectivity index (χ1) is 12.1. The van der Waals surface area contributed by atoms with E-state index in [1.165, 1.54) is 18.3 Å². The third kappa shape index (κ3) is 3.63. The van der Waals surface area contributed by atoms with E-state index < -0.39 is 0 Å². The molecule has 1 aliphatic rings. The van der Waals surface area contributed by atoms with Gasteiger partial charge in [0, 0.05) is 44.0 Å². The molecule has 0 aliphatic carbocycles. The molecule has 6 nitrogen and oxygen atoms in total. The number of carbonyl (C=O) groups excluding carboxylic acids is 2. The monoisotopic (exact) mass is 339 g/mol. The summed E-state index contributed by atoms with van der Waals surface area (Å²) in [6, 6.07) is 10.5. The number of aromatic amines is 1.